The van der Waals surface area contributed by atoms with Crippen molar-refractivity contribution in [1.82, 2.24) is 15.0 Å². The number of nitrogens with one attached hydrogen (secondary N) is 1. The lowest BCUT2D eigenvalue weighted by Gasteiger charge is -2.06. The first-order chi connectivity index (χ1) is 14.7. The predicted molar refractivity (Wildman–Crippen MR) is 126 cm³/mol. The first-order valence-corrected chi connectivity index (χ1v) is 10.6. The third kappa shape index (κ3) is 3.40. The number of benzene rings is 2. The van der Waals surface area contributed by atoms with E-state index in [0.717, 1.165) is 43.4 Å². The van der Waals surface area contributed by atoms with Gasteiger partial charge < -0.3 is 0 Å². The second-order valence-corrected chi connectivity index (χ2v) is 8.02. The van der Waals surface area contributed by atoms with Gasteiger partial charge in [-0.2, -0.15) is 5.10 Å². The Bertz CT molecular complexity index is 1400. The van der Waals surface area contributed by atoms with Crippen molar-refractivity contribution in [2.45, 2.75) is 6.92 Å². The van der Waals surface area contributed by atoms with Gasteiger partial charge in [-0.25, -0.2) is 15.0 Å². The highest BCUT2D eigenvalue weighted by atomic mass is 35.5. The number of halogens is 1. The Kier molecular flexibility index (Phi) is 4.86. The first kappa shape index (κ1) is 18.7. The highest BCUT2D eigenvalue weighted by Crippen LogP contribution is 2.36. The normalized spacial score (nSPS) is 11.5. The van der Waals surface area contributed by atoms with E-state index in [2.05, 4.69) is 43.0 Å². The van der Waals surface area contributed by atoms with Gasteiger partial charge in [0.15, 0.2) is 5.82 Å². The number of hydrazone groups is 1. The van der Waals surface area contributed by atoms with Crippen LogP contribution in [0.25, 0.3) is 32.2 Å². The zero-order valence-electron chi connectivity index (χ0n) is 16.0. The lowest BCUT2D eigenvalue weighted by molar-refractivity contribution is 1.19. The van der Waals surface area contributed by atoms with Gasteiger partial charge in [-0.1, -0.05) is 60.1 Å². The Morgan fingerprint density at radius 2 is 1.93 bits per heavy atom. The summed E-state index contributed by atoms with van der Waals surface area (Å²) in [4.78, 5) is 14.2. The summed E-state index contributed by atoms with van der Waals surface area (Å²) in [6.07, 6.45) is 3.21. The van der Waals surface area contributed by atoms with Crippen molar-refractivity contribution in [2.75, 3.05) is 5.43 Å². The molecular formula is C23H16ClN5S. The third-order valence-electron chi connectivity index (χ3n) is 4.86. The van der Waals surface area contributed by atoms with Crippen molar-refractivity contribution >= 4 is 56.1 Å². The molecule has 0 bridgehead atoms. The SMILES string of the molecule is Cc1cccc2cc(/C=N/Nc3ncnc4scc(-c5ccccc5)c34)c(Cl)nc12. The Hall–Kier alpha value is -3.35. The fourth-order valence-electron chi connectivity index (χ4n) is 3.38. The van der Waals surface area contributed by atoms with Gasteiger partial charge in [-0.15, -0.1) is 11.3 Å². The lowest BCUT2D eigenvalue weighted by atomic mass is 10.1. The van der Waals surface area contributed by atoms with Crippen LogP contribution in [-0.4, -0.2) is 21.2 Å². The summed E-state index contributed by atoms with van der Waals surface area (Å²) < 4.78 is 0. The minimum absolute atomic E-state index is 0.413. The molecule has 146 valence electrons. The van der Waals surface area contributed by atoms with Gasteiger partial charge in [0.2, 0.25) is 0 Å². The second kappa shape index (κ2) is 7.82. The number of aromatic nitrogens is 3. The number of pyridine rings is 1. The van der Waals surface area contributed by atoms with E-state index in [4.69, 9.17) is 11.6 Å². The highest BCUT2D eigenvalue weighted by Gasteiger charge is 2.12. The van der Waals surface area contributed by atoms with Crippen LogP contribution in [0.2, 0.25) is 5.15 Å². The molecule has 0 spiro atoms. The van der Waals surface area contributed by atoms with Crippen molar-refractivity contribution in [3.63, 3.8) is 0 Å². The van der Waals surface area contributed by atoms with Crippen LogP contribution in [0.15, 0.2) is 71.4 Å². The molecule has 0 radical (unpaired) electrons. The van der Waals surface area contributed by atoms with Crippen LogP contribution < -0.4 is 5.43 Å². The van der Waals surface area contributed by atoms with E-state index in [1.54, 1.807) is 23.9 Å². The molecule has 2 aromatic carbocycles. The Morgan fingerprint density at radius 3 is 2.80 bits per heavy atom. The van der Waals surface area contributed by atoms with Crippen LogP contribution in [-0.2, 0) is 0 Å². The number of thiophene rings is 1. The van der Waals surface area contributed by atoms with Crippen LogP contribution in [0.3, 0.4) is 0 Å². The minimum Gasteiger partial charge on any atom is -0.261 e. The summed E-state index contributed by atoms with van der Waals surface area (Å²) in [7, 11) is 0. The van der Waals surface area contributed by atoms with Crippen LogP contribution in [0, 0.1) is 6.92 Å². The molecule has 3 aromatic heterocycles. The van der Waals surface area contributed by atoms with Crippen molar-refractivity contribution in [2.24, 2.45) is 5.10 Å². The van der Waals surface area contributed by atoms with Gasteiger partial charge >= 0.3 is 0 Å². The molecule has 0 amide bonds. The molecule has 0 atom stereocenters. The number of anilines is 1. The molecule has 0 saturated carbocycles. The summed E-state index contributed by atoms with van der Waals surface area (Å²) in [5.74, 6) is 0.650. The van der Waals surface area contributed by atoms with E-state index in [1.807, 2.05) is 49.4 Å². The van der Waals surface area contributed by atoms with Gasteiger partial charge in [0.25, 0.3) is 0 Å². The van der Waals surface area contributed by atoms with Crippen molar-refractivity contribution in [3.8, 4) is 11.1 Å². The van der Waals surface area contributed by atoms with Crippen molar-refractivity contribution in [3.05, 3.63) is 82.6 Å². The van der Waals surface area contributed by atoms with Crippen LogP contribution in [0.1, 0.15) is 11.1 Å². The zero-order valence-corrected chi connectivity index (χ0v) is 17.6. The maximum Gasteiger partial charge on any atom is 0.159 e. The summed E-state index contributed by atoms with van der Waals surface area (Å²) in [5.41, 5.74) is 7.97. The highest BCUT2D eigenvalue weighted by molar-refractivity contribution is 7.17. The summed E-state index contributed by atoms with van der Waals surface area (Å²) in [5, 5.41) is 8.86. The Balaban J connectivity index is 1.50. The largest absolute Gasteiger partial charge is 0.261 e. The van der Waals surface area contributed by atoms with Crippen LogP contribution in [0.5, 0.6) is 0 Å². The summed E-state index contributed by atoms with van der Waals surface area (Å²) in [6, 6.07) is 18.2. The molecule has 0 fully saturated rings. The average molecular weight is 430 g/mol. The second-order valence-electron chi connectivity index (χ2n) is 6.80. The smallest absolute Gasteiger partial charge is 0.159 e. The van der Waals surface area contributed by atoms with Gasteiger partial charge in [0, 0.05) is 21.9 Å². The predicted octanol–water partition coefficient (Wildman–Crippen LogP) is 6.31. The summed E-state index contributed by atoms with van der Waals surface area (Å²) in [6.45, 7) is 2.02. The first-order valence-electron chi connectivity index (χ1n) is 9.33. The van der Waals surface area contributed by atoms with Gasteiger partial charge in [0.05, 0.1) is 17.1 Å². The van der Waals surface area contributed by atoms with E-state index in [0.29, 0.717) is 11.0 Å². The molecule has 0 aliphatic heterocycles. The number of nitrogens with zero attached hydrogens (tertiary/aromatic N) is 4. The van der Waals surface area contributed by atoms with Crippen LogP contribution in [0.4, 0.5) is 5.82 Å². The fraction of sp³-hybridized carbons (Fsp3) is 0.0435. The number of hydrogen-bond acceptors (Lipinski definition) is 6. The quantitative estimate of drug-likeness (QED) is 0.206. The summed E-state index contributed by atoms with van der Waals surface area (Å²) >= 11 is 7.97. The molecule has 5 aromatic rings. The monoisotopic (exact) mass is 429 g/mol. The molecule has 5 nitrogen and oxygen atoms in total. The molecule has 7 heteroatoms. The van der Waals surface area contributed by atoms with Gasteiger partial charge in [-0.05, 0) is 24.1 Å². The molecule has 0 saturated heterocycles. The lowest BCUT2D eigenvalue weighted by Crippen LogP contribution is -1.97. The van der Waals surface area contributed by atoms with E-state index in [-0.39, 0.29) is 0 Å². The zero-order chi connectivity index (χ0) is 20.5. The molecular weight excluding hydrogens is 414 g/mol. The molecule has 30 heavy (non-hydrogen) atoms. The molecule has 0 aliphatic rings. The number of para-hydroxylation sites is 1. The van der Waals surface area contributed by atoms with Crippen LogP contribution >= 0.6 is 22.9 Å². The number of hydrogen-bond donors (Lipinski definition) is 1. The van der Waals surface area contributed by atoms with Crippen molar-refractivity contribution < 1.29 is 0 Å². The fourth-order valence-corrected chi connectivity index (χ4v) is 4.49. The van der Waals surface area contributed by atoms with E-state index in [9.17, 15) is 0 Å². The molecule has 5 rings (SSSR count). The molecule has 1 N–H and O–H groups in total. The van der Waals surface area contributed by atoms with Gasteiger partial charge in [-0.3, -0.25) is 5.43 Å². The van der Waals surface area contributed by atoms with E-state index in [1.165, 1.54) is 0 Å². The standard InChI is InChI=1S/C23H16ClN5S/c1-14-6-5-9-16-10-17(21(24)28-20(14)16)11-27-29-22-19-18(15-7-3-2-4-8-15)12-30-23(19)26-13-25-22/h2-13H,1H3,(H,25,26,29)/b27-11+. The van der Waals surface area contributed by atoms with E-state index < -0.39 is 0 Å². The maximum absolute atomic E-state index is 6.39. The Labute approximate surface area is 182 Å². The number of fused-ring (bicyclic) bond motifs is 2. The molecule has 0 unspecified atom stereocenters. The van der Waals surface area contributed by atoms with Crippen molar-refractivity contribution in [1.29, 1.82) is 0 Å². The average Bonchev–Trinajstić information content (AvgIpc) is 3.21. The van der Waals surface area contributed by atoms with E-state index >= 15 is 0 Å². The third-order valence-corrected chi connectivity index (χ3v) is 6.05. The van der Waals surface area contributed by atoms with Gasteiger partial charge in [0.1, 0.15) is 16.3 Å². The minimum atomic E-state index is 0.413. The number of rotatable bonds is 4. The number of aryl methyl sites for hydroxylation is 1. The molecule has 0 aliphatic carbocycles. The maximum atomic E-state index is 6.39. The topological polar surface area (TPSA) is 63.1 Å². The Morgan fingerprint density at radius 1 is 1.07 bits per heavy atom. The molecule has 3 heterocycles.